The number of nitrogens with two attached hydrogens (primary N) is 1. The standard InChI is InChI=1S/C5H6N.C5H5.C4H10.Fe/c6-5-3-1-2-4-5;1-2-4-5-3-1;1-4(2)3;/h1-4H,6H2;1-5H;4H,1-3H3;/q-1;-5;;. The molecule has 2 rings (SSSR count). The van der Waals surface area contributed by atoms with Crippen LogP contribution in [-0.2, 0) is 17.1 Å². The van der Waals surface area contributed by atoms with Crippen LogP contribution in [0, 0.1) is 5.92 Å². The van der Waals surface area contributed by atoms with E-state index in [0.29, 0.717) is 0 Å². The number of nitrogen functional groups attached to an aromatic ring is 1. The van der Waals surface area contributed by atoms with Crippen LogP contribution in [0.25, 0.3) is 0 Å². The third-order valence-electron chi connectivity index (χ3n) is 1.24. The van der Waals surface area contributed by atoms with Crippen molar-refractivity contribution in [2.75, 3.05) is 5.73 Å². The number of anilines is 1. The molecule has 1 nitrogen and oxygen atoms in total. The average Bonchev–Trinajstić information content (AvgIpc) is 2.75. The SMILES string of the molecule is CC(C)C.N[c-]1cccc1.[Fe].[cH-]1[cH-][cH-][cH-][cH-]1. The third kappa shape index (κ3) is 15.5. The van der Waals surface area contributed by atoms with Gasteiger partial charge >= 0.3 is 0 Å². The molecular weight excluding hydrogens is 238 g/mol. The fourth-order valence-electron chi connectivity index (χ4n) is 0.710. The molecule has 2 heteroatoms. The number of hydrogen-bond acceptors (Lipinski definition) is 1. The van der Waals surface area contributed by atoms with Crippen molar-refractivity contribution in [3.05, 3.63) is 54.6 Å². The van der Waals surface area contributed by atoms with E-state index in [1.807, 2.05) is 54.6 Å². The molecule has 0 radical (unpaired) electrons. The minimum Gasteiger partial charge on any atom is -0.748 e. The summed E-state index contributed by atoms with van der Waals surface area (Å²) in [5, 5.41) is 0. The molecule has 0 spiro atoms. The molecule has 96 valence electrons. The van der Waals surface area contributed by atoms with Gasteiger partial charge in [0.2, 0.25) is 0 Å². The zero-order valence-corrected chi connectivity index (χ0v) is 11.3. The van der Waals surface area contributed by atoms with Crippen molar-refractivity contribution in [1.82, 2.24) is 0 Å². The van der Waals surface area contributed by atoms with Crippen molar-refractivity contribution in [3.8, 4) is 0 Å². The monoisotopic (exact) mass is 259 g/mol. The van der Waals surface area contributed by atoms with Crippen LogP contribution >= 0.6 is 0 Å². The third-order valence-corrected chi connectivity index (χ3v) is 1.24. The molecule has 2 aromatic carbocycles. The quantitative estimate of drug-likeness (QED) is 0.560. The first-order valence-electron chi connectivity index (χ1n) is 5.26. The molecule has 0 saturated carbocycles. The summed E-state index contributed by atoms with van der Waals surface area (Å²) in [5.41, 5.74) is 6.12. The van der Waals surface area contributed by atoms with E-state index < -0.39 is 0 Å². The summed E-state index contributed by atoms with van der Waals surface area (Å²) in [7, 11) is 0. The van der Waals surface area contributed by atoms with E-state index in [-0.39, 0.29) is 17.1 Å². The molecule has 0 bridgehead atoms. The maximum atomic E-state index is 5.28. The van der Waals surface area contributed by atoms with Gasteiger partial charge in [0.05, 0.1) is 0 Å². The van der Waals surface area contributed by atoms with Crippen LogP contribution in [0.3, 0.4) is 0 Å². The molecular formula is C14H21FeN-6. The van der Waals surface area contributed by atoms with Crippen molar-refractivity contribution in [3.63, 3.8) is 0 Å². The summed E-state index contributed by atoms with van der Waals surface area (Å²) < 4.78 is 0. The van der Waals surface area contributed by atoms with Gasteiger partial charge in [0.1, 0.15) is 0 Å². The maximum absolute atomic E-state index is 5.28. The van der Waals surface area contributed by atoms with Crippen molar-refractivity contribution in [1.29, 1.82) is 0 Å². The molecule has 0 aliphatic rings. The first-order chi connectivity index (χ1) is 7.13. The summed E-state index contributed by atoms with van der Waals surface area (Å²) in [6.45, 7) is 6.50. The van der Waals surface area contributed by atoms with Gasteiger partial charge in [-0.1, -0.05) is 26.5 Å². The summed E-state index contributed by atoms with van der Waals surface area (Å²) >= 11 is 0. The Morgan fingerprint density at radius 2 is 1.12 bits per heavy atom. The van der Waals surface area contributed by atoms with Crippen LogP contribution in [0.2, 0.25) is 0 Å². The minimum absolute atomic E-state index is 0. The minimum atomic E-state index is 0. The Hall–Kier alpha value is -0.981. The van der Waals surface area contributed by atoms with Crippen LogP contribution in [0.5, 0.6) is 0 Å². The summed E-state index contributed by atoms with van der Waals surface area (Å²) in [5.74, 6) is 0.833. The van der Waals surface area contributed by atoms with E-state index >= 15 is 0 Å². The fourth-order valence-corrected chi connectivity index (χ4v) is 0.710. The van der Waals surface area contributed by atoms with E-state index in [1.54, 1.807) is 0 Å². The topological polar surface area (TPSA) is 26.0 Å². The average molecular weight is 259 g/mol. The zero-order chi connectivity index (χ0) is 11.5. The van der Waals surface area contributed by atoms with Crippen molar-refractivity contribution in [2.45, 2.75) is 20.8 Å². The molecule has 0 atom stereocenters. The predicted octanol–water partition coefficient (Wildman–Crippen LogP) is 4.05. The molecule has 2 N–H and O–H groups in total. The Bertz CT molecular complexity index is 262. The van der Waals surface area contributed by atoms with Gasteiger partial charge < -0.3 is 36.1 Å². The van der Waals surface area contributed by atoms with E-state index in [0.717, 1.165) is 11.6 Å². The first kappa shape index (κ1) is 17.4. The van der Waals surface area contributed by atoms with Gasteiger partial charge in [0, 0.05) is 17.1 Å². The largest absolute Gasteiger partial charge is 0.748 e. The molecule has 0 saturated heterocycles. The Morgan fingerprint density at radius 3 is 1.25 bits per heavy atom. The molecule has 0 amide bonds. The Kier molecular flexibility index (Phi) is 13.2. The van der Waals surface area contributed by atoms with Gasteiger partial charge in [-0.25, -0.2) is 12.1 Å². The van der Waals surface area contributed by atoms with E-state index in [9.17, 15) is 0 Å². The molecule has 0 unspecified atom stereocenters. The molecule has 0 aliphatic heterocycles. The van der Waals surface area contributed by atoms with E-state index in [2.05, 4.69) is 20.8 Å². The van der Waals surface area contributed by atoms with Gasteiger partial charge in [-0.15, -0.1) is 0 Å². The predicted molar refractivity (Wildman–Crippen MR) is 69.0 cm³/mol. The van der Waals surface area contributed by atoms with Crippen molar-refractivity contribution >= 4 is 5.69 Å². The second-order valence-electron chi connectivity index (χ2n) is 3.91. The summed E-state index contributed by atoms with van der Waals surface area (Å²) in [6.07, 6.45) is 0. The van der Waals surface area contributed by atoms with E-state index in [1.165, 1.54) is 0 Å². The van der Waals surface area contributed by atoms with Crippen LogP contribution in [0.4, 0.5) is 5.69 Å². The molecule has 2 aromatic rings. The van der Waals surface area contributed by atoms with Gasteiger partial charge in [0.25, 0.3) is 0 Å². The summed E-state index contributed by atoms with van der Waals surface area (Å²) in [4.78, 5) is 0. The van der Waals surface area contributed by atoms with Crippen LogP contribution in [-0.4, -0.2) is 0 Å². The van der Waals surface area contributed by atoms with E-state index in [4.69, 9.17) is 5.73 Å². The van der Waals surface area contributed by atoms with Crippen molar-refractivity contribution in [2.24, 2.45) is 5.92 Å². The second-order valence-corrected chi connectivity index (χ2v) is 3.91. The molecule has 0 fully saturated rings. The van der Waals surface area contributed by atoms with Gasteiger partial charge in [-0.05, 0) is 5.92 Å². The molecule has 0 aliphatic carbocycles. The Morgan fingerprint density at radius 1 is 0.875 bits per heavy atom. The van der Waals surface area contributed by atoms with Crippen LogP contribution < -0.4 is 5.73 Å². The Balaban J connectivity index is 0. The van der Waals surface area contributed by atoms with Crippen molar-refractivity contribution < 1.29 is 17.1 Å². The number of rotatable bonds is 0. The Labute approximate surface area is 110 Å². The normalized spacial score (nSPS) is 8.00. The molecule has 0 aromatic heterocycles. The van der Waals surface area contributed by atoms with Crippen LogP contribution in [0.1, 0.15) is 20.8 Å². The molecule has 0 heterocycles. The maximum Gasteiger partial charge on any atom is 0 e. The van der Waals surface area contributed by atoms with Gasteiger partial charge in [0.15, 0.2) is 0 Å². The van der Waals surface area contributed by atoms with Crippen LogP contribution in [0.15, 0.2) is 54.6 Å². The smallest absolute Gasteiger partial charge is 0 e. The fraction of sp³-hybridized carbons (Fsp3) is 0.286. The zero-order valence-electron chi connectivity index (χ0n) is 10.2. The molecule has 16 heavy (non-hydrogen) atoms. The second kappa shape index (κ2) is 12.1. The summed E-state index contributed by atoms with van der Waals surface area (Å²) in [6, 6.07) is 17.5. The van der Waals surface area contributed by atoms with Gasteiger partial charge in [-0.3, -0.25) is 0 Å². The number of hydrogen-bond donors (Lipinski definition) is 1. The first-order valence-corrected chi connectivity index (χ1v) is 5.26. The van der Waals surface area contributed by atoms with Gasteiger partial charge in [-0.2, -0.15) is 12.1 Å².